The minimum atomic E-state index is -0.365. The molecule has 1 aromatic heterocycles. The van der Waals surface area contributed by atoms with Gasteiger partial charge in [-0.2, -0.15) is 0 Å². The number of hydrogen-bond acceptors (Lipinski definition) is 4. The molecule has 1 amide bonds. The highest BCUT2D eigenvalue weighted by atomic mass is 16.2. The average Bonchev–Trinajstić information content (AvgIpc) is 2.34. The molecule has 0 spiro atoms. The summed E-state index contributed by atoms with van der Waals surface area (Å²) in [7, 11) is 0. The van der Waals surface area contributed by atoms with E-state index in [0.717, 1.165) is 0 Å². The Labute approximate surface area is 55.8 Å². The molecule has 0 atom stereocenters. The second-order valence-electron chi connectivity index (χ2n) is 1.77. The number of aromatic nitrogens is 2. The van der Waals surface area contributed by atoms with Crippen molar-refractivity contribution in [3.05, 3.63) is 18.1 Å². The van der Waals surface area contributed by atoms with Gasteiger partial charge in [-0.3, -0.25) is 4.79 Å². The normalized spacial score (nSPS) is 13.8. The molecule has 1 aromatic rings. The number of azo groups is 1. The number of carbonyl (C=O) groups excluding carboxylic acids is 1. The quantitative estimate of drug-likeness (QED) is 0.524. The molecule has 0 saturated heterocycles. The van der Waals surface area contributed by atoms with Crippen LogP contribution in [0.3, 0.4) is 0 Å². The van der Waals surface area contributed by atoms with E-state index in [1.165, 1.54) is 12.5 Å². The van der Waals surface area contributed by atoms with Crippen LogP contribution in [0.1, 0.15) is 10.4 Å². The summed E-state index contributed by atoms with van der Waals surface area (Å²) in [6.07, 6.45) is 2.74. The highest BCUT2D eigenvalue weighted by Crippen LogP contribution is 2.21. The topological polar surface area (TPSA) is 67.6 Å². The van der Waals surface area contributed by atoms with E-state index in [1.807, 2.05) is 0 Å². The van der Waals surface area contributed by atoms with Crippen LogP contribution >= 0.6 is 0 Å². The predicted octanol–water partition coefficient (Wildman–Crippen LogP) is 0.714. The number of rotatable bonds is 0. The summed E-state index contributed by atoms with van der Waals surface area (Å²) in [6.45, 7) is 0. The maximum absolute atomic E-state index is 10.7. The molecular formula is C5H2N4O. The molecule has 2 heterocycles. The fourth-order valence-electron chi connectivity index (χ4n) is 0.700. The Morgan fingerprint density at radius 3 is 3.00 bits per heavy atom. The standard InChI is InChI=1S/C5H2N4O/c10-5-3-1-6-2-7-4(3)8-9-5/h1-2H. The molecule has 0 N–H and O–H groups in total. The van der Waals surface area contributed by atoms with E-state index >= 15 is 0 Å². The summed E-state index contributed by atoms with van der Waals surface area (Å²) in [5.41, 5.74) is 0.377. The van der Waals surface area contributed by atoms with Crippen LogP contribution in [0.4, 0.5) is 5.82 Å². The van der Waals surface area contributed by atoms with E-state index in [1.54, 1.807) is 0 Å². The molecule has 48 valence electrons. The van der Waals surface area contributed by atoms with Crippen LogP contribution in [-0.4, -0.2) is 15.9 Å². The van der Waals surface area contributed by atoms with Gasteiger partial charge in [0.1, 0.15) is 11.9 Å². The van der Waals surface area contributed by atoms with Crippen LogP contribution in [0.2, 0.25) is 0 Å². The predicted molar refractivity (Wildman–Crippen MR) is 30.9 cm³/mol. The number of nitrogens with zero attached hydrogens (tertiary/aromatic N) is 4. The number of hydrogen-bond donors (Lipinski definition) is 0. The molecule has 0 radical (unpaired) electrons. The molecule has 0 saturated carbocycles. The Hall–Kier alpha value is -1.65. The number of amides is 1. The monoisotopic (exact) mass is 134 g/mol. The minimum absolute atomic E-state index is 0.361. The second-order valence-corrected chi connectivity index (χ2v) is 1.77. The first kappa shape index (κ1) is 5.16. The summed E-state index contributed by atoms with van der Waals surface area (Å²) >= 11 is 0. The summed E-state index contributed by atoms with van der Waals surface area (Å²) in [6, 6.07) is 0. The zero-order chi connectivity index (χ0) is 6.97. The lowest BCUT2D eigenvalue weighted by atomic mass is 10.3. The summed E-state index contributed by atoms with van der Waals surface area (Å²) < 4.78 is 0. The van der Waals surface area contributed by atoms with E-state index < -0.39 is 0 Å². The maximum atomic E-state index is 10.7. The molecule has 10 heavy (non-hydrogen) atoms. The van der Waals surface area contributed by atoms with Crippen LogP contribution in [0, 0.1) is 0 Å². The van der Waals surface area contributed by atoms with Gasteiger partial charge in [0.25, 0.3) is 0 Å². The molecule has 2 rings (SSSR count). The van der Waals surface area contributed by atoms with Crippen molar-refractivity contribution in [1.82, 2.24) is 9.97 Å². The Kier molecular flexibility index (Phi) is 0.858. The van der Waals surface area contributed by atoms with Crippen molar-refractivity contribution in [3.63, 3.8) is 0 Å². The summed E-state index contributed by atoms with van der Waals surface area (Å²) in [5, 5.41) is 6.79. The first-order chi connectivity index (χ1) is 4.88. The zero-order valence-corrected chi connectivity index (χ0v) is 4.85. The Balaban J connectivity index is 2.70. The van der Waals surface area contributed by atoms with Gasteiger partial charge in [-0.15, -0.1) is 10.2 Å². The maximum Gasteiger partial charge on any atom is 0.300 e. The van der Waals surface area contributed by atoms with E-state index in [0.29, 0.717) is 11.4 Å². The third kappa shape index (κ3) is 0.540. The van der Waals surface area contributed by atoms with Crippen LogP contribution in [0.25, 0.3) is 0 Å². The molecule has 0 bridgehead atoms. The summed E-state index contributed by atoms with van der Waals surface area (Å²) in [4.78, 5) is 18.1. The van der Waals surface area contributed by atoms with Gasteiger partial charge in [0.15, 0.2) is 5.82 Å². The molecule has 0 unspecified atom stereocenters. The van der Waals surface area contributed by atoms with E-state index in [4.69, 9.17) is 0 Å². The lowest BCUT2D eigenvalue weighted by Gasteiger charge is -1.86. The summed E-state index contributed by atoms with van der Waals surface area (Å²) in [5.74, 6) is -0.00407. The smallest absolute Gasteiger partial charge is 0.265 e. The average molecular weight is 134 g/mol. The molecule has 1 aliphatic heterocycles. The van der Waals surface area contributed by atoms with Gasteiger partial charge < -0.3 is 0 Å². The molecule has 5 nitrogen and oxygen atoms in total. The number of carbonyl (C=O) groups is 1. The van der Waals surface area contributed by atoms with Crippen LogP contribution in [-0.2, 0) is 0 Å². The molecule has 0 aromatic carbocycles. The lowest BCUT2D eigenvalue weighted by Crippen LogP contribution is -1.90. The lowest BCUT2D eigenvalue weighted by molar-refractivity contribution is 0.100. The van der Waals surface area contributed by atoms with Gasteiger partial charge in [-0.25, -0.2) is 9.97 Å². The molecular weight excluding hydrogens is 132 g/mol. The minimum Gasteiger partial charge on any atom is -0.265 e. The Bertz CT molecular complexity index is 319. The fraction of sp³-hybridized carbons (Fsp3) is 0. The van der Waals surface area contributed by atoms with E-state index in [-0.39, 0.29) is 5.91 Å². The van der Waals surface area contributed by atoms with Crippen LogP contribution in [0.15, 0.2) is 22.8 Å². The van der Waals surface area contributed by atoms with Crippen molar-refractivity contribution in [2.24, 2.45) is 10.2 Å². The van der Waals surface area contributed by atoms with E-state index in [2.05, 4.69) is 20.2 Å². The number of fused-ring (bicyclic) bond motifs is 1. The van der Waals surface area contributed by atoms with Gasteiger partial charge in [0.05, 0.1) is 0 Å². The molecule has 5 heteroatoms. The second kappa shape index (κ2) is 1.66. The van der Waals surface area contributed by atoms with Gasteiger partial charge in [0, 0.05) is 6.20 Å². The highest BCUT2D eigenvalue weighted by molar-refractivity contribution is 6.00. The Morgan fingerprint density at radius 1 is 1.30 bits per heavy atom. The molecule has 0 aliphatic carbocycles. The Morgan fingerprint density at radius 2 is 2.20 bits per heavy atom. The largest absolute Gasteiger partial charge is 0.300 e. The first-order valence-electron chi connectivity index (χ1n) is 2.64. The van der Waals surface area contributed by atoms with Crippen LogP contribution in [0.5, 0.6) is 0 Å². The highest BCUT2D eigenvalue weighted by Gasteiger charge is 2.17. The third-order valence-electron chi connectivity index (χ3n) is 1.16. The SMILES string of the molecule is O=C1N=Nc2ncncc21. The van der Waals surface area contributed by atoms with Crippen molar-refractivity contribution < 1.29 is 4.79 Å². The van der Waals surface area contributed by atoms with Crippen molar-refractivity contribution in [2.75, 3.05) is 0 Å². The molecule has 0 fully saturated rings. The molecule has 1 aliphatic rings. The van der Waals surface area contributed by atoms with Gasteiger partial charge in [0.2, 0.25) is 0 Å². The van der Waals surface area contributed by atoms with Crippen molar-refractivity contribution in [2.45, 2.75) is 0 Å². The first-order valence-corrected chi connectivity index (χ1v) is 2.64. The van der Waals surface area contributed by atoms with Crippen molar-refractivity contribution >= 4 is 11.7 Å². The van der Waals surface area contributed by atoms with Gasteiger partial charge in [-0.05, 0) is 0 Å². The van der Waals surface area contributed by atoms with Gasteiger partial charge in [-0.1, -0.05) is 0 Å². The zero-order valence-electron chi connectivity index (χ0n) is 4.85. The van der Waals surface area contributed by atoms with E-state index in [9.17, 15) is 4.79 Å². The third-order valence-corrected chi connectivity index (χ3v) is 1.16. The van der Waals surface area contributed by atoms with Crippen LogP contribution < -0.4 is 0 Å². The van der Waals surface area contributed by atoms with Crippen molar-refractivity contribution in [3.8, 4) is 0 Å². The van der Waals surface area contributed by atoms with Gasteiger partial charge >= 0.3 is 5.91 Å². The fourth-order valence-corrected chi connectivity index (χ4v) is 0.700. The van der Waals surface area contributed by atoms with Crippen molar-refractivity contribution in [1.29, 1.82) is 0 Å².